The zero-order valence-electron chi connectivity index (χ0n) is 27.6. The average molecular weight is 850 g/mol. The zero-order chi connectivity index (χ0) is 43.1. The Balaban J connectivity index is 2.08. The highest BCUT2D eigenvalue weighted by molar-refractivity contribution is 6.39. The van der Waals surface area contributed by atoms with Gasteiger partial charge in [-0.15, -0.1) is 0 Å². The molecule has 0 fully saturated rings. The minimum atomic E-state index is -5.80. The summed E-state index contributed by atoms with van der Waals surface area (Å²) in [7, 11) is -3.39. The topological polar surface area (TPSA) is 61.0 Å². The van der Waals surface area contributed by atoms with E-state index < -0.39 is 137 Å². The van der Waals surface area contributed by atoms with Crippen molar-refractivity contribution in [2.24, 2.45) is 0 Å². The quantitative estimate of drug-likeness (QED) is 0.0979. The third-order valence-electron chi connectivity index (χ3n) is 7.18. The van der Waals surface area contributed by atoms with Crippen LogP contribution >= 0.6 is 0 Å². The van der Waals surface area contributed by atoms with Crippen molar-refractivity contribution in [3.63, 3.8) is 0 Å². The van der Waals surface area contributed by atoms with Crippen molar-refractivity contribution in [1.82, 2.24) is 0 Å². The molecule has 0 aliphatic heterocycles. The molecule has 1 unspecified atom stereocenters. The van der Waals surface area contributed by atoms with E-state index in [0.717, 1.165) is 31.3 Å². The predicted molar refractivity (Wildman–Crippen MR) is 156 cm³/mol. The maximum Gasteiger partial charge on any atom is 0.864 e. The van der Waals surface area contributed by atoms with E-state index in [9.17, 15) is 84.1 Å². The number of rotatable bonds is 10. The summed E-state index contributed by atoms with van der Waals surface area (Å²) >= 11 is 0. The lowest BCUT2D eigenvalue weighted by atomic mass is 9.97. The first kappa shape index (κ1) is 44.5. The van der Waals surface area contributed by atoms with Gasteiger partial charge in [0.15, 0.2) is 6.10 Å². The SMILES string of the molecule is CC(CO)O[n+]1ccccc1-c1c(OB(Oc2cc(C(F)(F)F)cc(C(F)(F)F)c2)Oc2cc(C(F)(F)F)cc(C(F)(F)F)c2)cc(C(F)(F)F)cc1C(F)(F)F. The Labute approximate surface area is 306 Å². The van der Waals surface area contributed by atoms with Gasteiger partial charge in [-0.1, -0.05) is 0 Å². The molecule has 25 heteroatoms. The van der Waals surface area contributed by atoms with Crippen molar-refractivity contribution >= 4 is 7.32 Å². The van der Waals surface area contributed by atoms with Gasteiger partial charge in [-0.05, 0) is 61.5 Å². The highest BCUT2D eigenvalue weighted by Gasteiger charge is 2.46. The molecule has 0 radical (unpaired) electrons. The molecule has 0 aliphatic rings. The Morgan fingerprint density at radius 1 is 0.544 bits per heavy atom. The molecular weight excluding hydrogens is 831 g/mol. The highest BCUT2D eigenvalue weighted by Crippen LogP contribution is 2.46. The molecule has 4 aromatic rings. The third kappa shape index (κ3) is 11.2. The second-order valence-electron chi connectivity index (χ2n) is 11.5. The van der Waals surface area contributed by atoms with Gasteiger partial charge in [-0.3, -0.25) is 4.84 Å². The molecule has 0 saturated carbocycles. The second kappa shape index (κ2) is 15.6. The lowest BCUT2D eigenvalue weighted by molar-refractivity contribution is -0.890. The van der Waals surface area contributed by atoms with E-state index in [1.54, 1.807) is 0 Å². The smallest absolute Gasteiger partial charge is 0.490 e. The number of hydrogen-bond acceptors (Lipinski definition) is 5. The largest absolute Gasteiger partial charge is 0.864 e. The fourth-order valence-corrected chi connectivity index (χ4v) is 4.69. The zero-order valence-corrected chi connectivity index (χ0v) is 27.6. The van der Waals surface area contributed by atoms with E-state index in [-0.39, 0.29) is 30.3 Å². The van der Waals surface area contributed by atoms with Gasteiger partial charge in [0.05, 0.1) is 40.0 Å². The van der Waals surface area contributed by atoms with Crippen LogP contribution in [0.5, 0.6) is 17.2 Å². The summed E-state index contributed by atoms with van der Waals surface area (Å²) in [4.78, 5) is 5.28. The van der Waals surface area contributed by atoms with Gasteiger partial charge in [0, 0.05) is 16.9 Å². The van der Waals surface area contributed by atoms with Crippen LogP contribution in [0.15, 0.2) is 72.9 Å². The number of benzene rings is 3. The Morgan fingerprint density at radius 2 is 0.947 bits per heavy atom. The molecule has 1 N–H and O–H groups in total. The number of pyridine rings is 1. The number of nitrogens with zero attached hydrogens (tertiary/aromatic N) is 1. The van der Waals surface area contributed by atoms with Crippen LogP contribution in [0.1, 0.15) is 40.3 Å². The summed E-state index contributed by atoms with van der Waals surface area (Å²) in [5, 5.41) is 9.42. The van der Waals surface area contributed by atoms with Crippen molar-refractivity contribution in [3.8, 4) is 28.5 Å². The Kier molecular flexibility index (Phi) is 12.2. The minimum Gasteiger partial charge on any atom is -0.490 e. The molecule has 0 saturated heterocycles. The van der Waals surface area contributed by atoms with Gasteiger partial charge in [-0.25, -0.2) is 0 Å². The monoisotopic (exact) mass is 850 g/mol. The average Bonchev–Trinajstić information content (AvgIpc) is 3.05. The number of hydrogen-bond donors (Lipinski definition) is 1. The molecule has 4 rings (SSSR count). The van der Waals surface area contributed by atoms with Crippen molar-refractivity contribution in [3.05, 3.63) is 106 Å². The summed E-state index contributed by atoms with van der Waals surface area (Å²) in [5.41, 5.74) is -15.4. The maximum atomic E-state index is 14.6. The van der Waals surface area contributed by atoms with E-state index in [4.69, 9.17) is 18.8 Å². The van der Waals surface area contributed by atoms with Gasteiger partial charge < -0.3 is 19.1 Å². The Morgan fingerprint density at radius 3 is 1.32 bits per heavy atom. The standard InChI is InChI=1S/C32H19BF18NO5/c1-15(14-53)57-52-5-3-2-4-24(52)26-23(32(49,50)51)12-20(31(46,47)48)13-25(26)56-33(54-21-8-16(27(34,35)36)6-17(9-21)28(37,38)39)55-22-10-18(29(40,41)42)7-19(11-22)30(43,44)45/h2-13,15,53H,14H2,1H3/q+1. The molecule has 0 bridgehead atoms. The van der Waals surface area contributed by atoms with Crippen molar-refractivity contribution < 1.29 is 108 Å². The third-order valence-corrected chi connectivity index (χ3v) is 7.18. The molecular formula is C32H19BF18NO5+. The number of aromatic nitrogens is 1. The van der Waals surface area contributed by atoms with Crippen LogP contribution in [0.3, 0.4) is 0 Å². The van der Waals surface area contributed by atoms with E-state index in [1.807, 2.05) is 0 Å². The lowest BCUT2D eigenvalue weighted by Crippen LogP contribution is -2.49. The first-order valence-electron chi connectivity index (χ1n) is 15.1. The summed E-state index contributed by atoms with van der Waals surface area (Å²) in [6, 6.07) is 0.285. The molecule has 0 amide bonds. The summed E-state index contributed by atoms with van der Waals surface area (Å²) in [6.07, 6.45) is -34.4. The number of aliphatic hydroxyl groups is 1. The number of halogens is 18. The molecule has 3 aromatic carbocycles. The van der Waals surface area contributed by atoms with Crippen LogP contribution in [0.25, 0.3) is 11.3 Å². The molecule has 0 spiro atoms. The summed E-state index contributed by atoms with van der Waals surface area (Å²) in [6.45, 7) is 0.340. The number of alkyl halides is 18. The summed E-state index contributed by atoms with van der Waals surface area (Å²) < 4.78 is 265. The Bertz CT molecular complexity index is 1910. The van der Waals surface area contributed by atoms with Crippen molar-refractivity contribution in [1.29, 1.82) is 0 Å². The molecule has 6 nitrogen and oxygen atoms in total. The molecule has 310 valence electrons. The molecule has 57 heavy (non-hydrogen) atoms. The van der Waals surface area contributed by atoms with Crippen LogP contribution in [-0.4, -0.2) is 25.1 Å². The van der Waals surface area contributed by atoms with Gasteiger partial charge in [0.2, 0.25) is 6.20 Å². The van der Waals surface area contributed by atoms with Crippen LogP contribution in [0.4, 0.5) is 79.0 Å². The molecule has 0 aliphatic carbocycles. The van der Waals surface area contributed by atoms with Gasteiger partial charge in [-0.2, -0.15) is 79.0 Å². The molecule has 1 aromatic heterocycles. The fraction of sp³-hybridized carbons (Fsp3) is 0.281. The van der Waals surface area contributed by atoms with Gasteiger partial charge >= 0.3 is 44.4 Å². The maximum absolute atomic E-state index is 14.6. The van der Waals surface area contributed by atoms with E-state index in [0.29, 0.717) is 4.73 Å². The highest BCUT2D eigenvalue weighted by atomic mass is 19.4. The van der Waals surface area contributed by atoms with Gasteiger partial charge in [0.25, 0.3) is 5.69 Å². The first-order valence-corrected chi connectivity index (χ1v) is 15.1. The van der Waals surface area contributed by atoms with Crippen LogP contribution in [-0.2, 0) is 37.1 Å². The van der Waals surface area contributed by atoms with E-state index in [2.05, 4.69) is 0 Å². The fourth-order valence-electron chi connectivity index (χ4n) is 4.69. The normalized spacial score (nSPS) is 13.6. The Hall–Kier alpha value is -5.23. The molecule has 1 atom stereocenters. The second-order valence-corrected chi connectivity index (χ2v) is 11.5. The van der Waals surface area contributed by atoms with E-state index in [1.165, 1.54) is 0 Å². The lowest BCUT2D eigenvalue weighted by Gasteiger charge is -2.23. The first-order chi connectivity index (χ1) is 25.9. The minimum absolute atomic E-state index is 0.225. The van der Waals surface area contributed by atoms with Crippen LogP contribution < -0.4 is 23.5 Å². The van der Waals surface area contributed by atoms with Crippen molar-refractivity contribution in [2.45, 2.75) is 50.1 Å². The predicted octanol–water partition coefficient (Wildman–Crippen LogP) is 10.1. The van der Waals surface area contributed by atoms with E-state index >= 15 is 0 Å². The van der Waals surface area contributed by atoms with Gasteiger partial charge in [0.1, 0.15) is 22.8 Å². The van der Waals surface area contributed by atoms with Crippen molar-refractivity contribution in [2.75, 3.05) is 6.61 Å². The van der Waals surface area contributed by atoms with Crippen LogP contribution in [0, 0.1) is 0 Å². The van der Waals surface area contributed by atoms with Crippen LogP contribution in [0.2, 0.25) is 0 Å². The summed E-state index contributed by atoms with van der Waals surface area (Å²) in [5.74, 6) is -5.05. The number of aliphatic hydroxyl groups excluding tert-OH is 1. The molecule has 1 heterocycles.